The van der Waals surface area contributed by atoms with Crippen LogP contribution in [-0.4, -0.2) is 0 Å². The number of benzene rings is 1. The number of aryl methyl sites for hydroxylation is 1. The topological polar surface area (TPSA) is 26.0 Å². The molecule has 0 aliphatic rings. The second kappa shape index (κ2) is 2.56. The second-order valence-electron chi connectivity index (χ2n) is 1.98. The van der Waals surface area contributed by atoms with Crippen LogP contribution in [0.3, 0.4) is 0 Å². The Labute approximate surface area is 68.4 Å². The molecule has 0 aliphatic heterocycles. The van der Waals surface area contributed by atoms with Crippen LogP contribution in [0.2, 0.25) is 0 Å². The highest BCUT2D eigenvalue weighted by Crippen LogP contribution is 2.17. The Hall–Kier alpha value is -0.250. The molecule has 0 fully saturated rings. The Morgan fingerprint density at radius 2 is 2.11 bits per heavy atom. The van der Waals surface area contributed by atoms with Crippen LogP contribution in [-0.2, 0) is 0 Å². The van der Waals surface area contributed by atoms with Gasteiger partial charge in [-0.25, -0.2) is 0 Å². The van der Waals surface area contributed by atoms with Crippen LogP contribution < -0.4 is 5.73 Å². The summed E-state index contributed by atoms with van der Waals surface area (Å²) in [5.41, 5.74) is 7.73. The van der Waals surface area contributed by atoms with E-state index < -0.39 is 0 Å². The summed E-state index contributed by atoms with van der Waals surface area (Å²) >= 11 is 2.24. The normalized spacial score (nSPS) is 9.56. The van der Waals surface area contributed by atoms with Crippen LogP contribution in [0.25, 0.3) is 0 Å². The molecule has 0 unspecified atom stereocenters. The number of hydrogen-bond acceptors (Lipinski definition) is 1. The largest absolute Gasteiger partial charge is 0.398 e. The van der Waals surface area contributed by atoms with Gasteiger partial charge in [-0.05, 0) is 41.1 Å². The molecule has 1 nitrogen and oxygen atoms in total. The molecular formula is C7H8IN. The molecule has 0 spiro atoms. The molecule has 48 valence electrons. The minimum absolute atomic E-state index is 0.871. The zero-order valence-corrected chi connectivity index (χ0v) is 7.34. The van der Waals surface area contributed by atoms with E-state index in [2.05, 4.69) is 35.6 Å². The zero-order valence-electron chi connectivity index (χ0n) is 5.19. The van der Waals surface area contributed by atoms with Crippen molar-refractivity contribution >= 4 is 28.3 Å². The van der Waals surface area contributed by atoms with Gasteiger partial charge in [0.2, 0.25) is 0 Å². The van der Waals surface area contributed by atoms with Crippen molar-refractivity contribution in [1.82, 2.24) is 0 Å². The molecule has 0 amide bonds. The minimum Gasteiger partial charge on any atom is -0.398 e. The van der Waals surface area contributed by atoms with Crippen molar-refractivity contribution in [1.29, 1.82) is 0 Å². The summed E-state index contributed by atoms with van der Waals surface area (Å²) < 4.78 is 1.16. The van der Waals surface area contributed by atoms with E-state index in [4.69, 9.17) is 5.73 Å². The lowest BCUT2D eigenvalue weighted by molar-refractivity contribution is 1.43. The van der Waals surface area contributed by atoms with E-state index in [0.29, 0.717) is 0 Å². The molecule has 0 atom stereocenters. The van der Waals surface area contributed by atoms with Crippen LogP contribution in [0.5, 0.6) is 0 Å². The van der Waals surface area contributed by atoms with E-state index >= 15 is 0 Å². The van der Waals surface area contributed by atoms with Crippen molar-refractivity contribution in [2.24, 2.45) is 0 Å². The van der Waals surface area contributed by atoms with Crippen molar-refractivity contribution in [3.05, 3.63) is 27.3 Å². The highest BCUT2D eigenvalue weighted by atomic mass is 127. The van der Waals surface area contributed by atoms with Crippen LogP contribution >= 0.6 is 22.6 Å². The van der Waals surface area contributed by atoms with Crippen LogP contribution in [0, 0.1) is 10.5 Å². The lowest BCUT2D eigenvalue weighted by atomic mass is 10.2. The van der Waals surface area contributed by atoms with Crippen LogP contribution in [0.15, 0.2) is 18.2 Å². The van der Waals surface area contributed by atoms with Crippen molar-refractivity contribution < 1.29 is 0 Å². The lowest BCUT2D eigenvalue weighted by Crippen LogP contribution is -1.89. The van der Waals surface area contributed by atoms with Gasteiger partial charge in [-0.15, -0.1) is 0 Å². The number of rotatable bonds is 0. The summed E-state index contributed by atoms with van der Waals surface area (Å²) in [5.74, 6) is 0. The van der Waals surface area contributed by atoms with Gasteiger partial charge in [0.1, 0.15) is 0 Å². The Morgan fingerprint density at radius 3 is 2.56 bits per heavy atom. The Balaban J connectivity index is 3.25. The molecule has 1 aromatic rings. The van der Waals surface area contributed by atoms with Crippen molar-refractivity contribution in [3.63, 3.8) is 0 Å². The summed E-state index contributed by atoms with van der Waals surface area (Å²) in [6.45, 7) is 2.05. The molecule has 1 rings (SSSR count). The maximum atomic E-state index is 5.61. The van der Waals surface area contributed by atoms with Gasteiger partial charge in [0.05, 0.1) is 0 Å². The second-order valence-corrected chi connectivity index (χ2v) is 3.06. The molecule has 2 heteroatoms. The van der Waals surface area contributed by atoms with Crippen molar-refractivity contribution in [2.45, 2.75) is 6.92 Å². The third kappa shape index (κ3) is 1.36. The lowest BCUT2D eigenvalue weighted by Gasteiger charge is -1.98. The zero-order chi connectivity index (χ0) is 6.85. The third-order valence-corrected chi connectivity index (χ3v) is 2.70. The predicted octanol–water partition coefficient (Wildman–Crippen LogP) is 2.18. The van der Waals surface area contributed by atoms with Gasteiger partial charge in [0.25, 0.3) is 0 Å². The maximum Gasteiger partial charge on any atom is 0.0452 e. The van der Waals surface area contributed by atoms with Crippen LogP contribution in [0.4, 0.5) is 5.69 Å². The maximum absolute atomic E-state index is 5.61. The number of hydrogen-bond donors (Lipinski definition) is 1. The first kappa shape index (κ1) is 6.86. The molecule has 0 saturated heterocycles. The fourth-order valence-corrected chi connectivity index (χ4v) is 1.03. The number of anilines is 1. The van der Waals surface area contributed by atoms with Gasteiger partial charge >= 0.3 is 0 Å². The van der Waals surface area contributed by atoms with Gasteiger partial charge < -0.3 is 5.73 Å². The molecule has 9 heavy (non-hydrogen) atoms. The van der Waals surface area contributed by atoms with E-state index in [-0.39, 0.29) is 0 Å². The quantitative estimate of drug-likeness (QED) is 0.539. The Bertz CT molecular complexity index is 200. The van der Waals surface area contributed by atoms with Crippen molar-refractivity contribution in [2.75, 3.05) is 5.73 Å². The van der Waals surface area contributed by atoms with Gasteiger partial charge in [0.15, 0.2) is 0 Å². The van der Waals surface area contributed by atoms with E-state index in [1.807, 2.05) is 12.1 Å². The SMILES string of the molecule is Cc1cccc(N)c1I. The van der Waals surface area contributed by atoms with Gasteiger partial charge in [-0.3, -0.25) is 0 Å². The smallest absolute Gasteiger partial charge is 0.0452 e. The average Bonchev–Trinajstić information content (AvgIpc) is 1.83. The highest BCUT2D eigenvalue weighted by molar-refractivity contribution is 14.1. The molecular weight excluding hydrogens is 225 g/mol. The number of nitrogens with two attached hydrogens (primary N) is 1. The Morgan fingerprint density at radius 1 is 1.44 bits per heavy atom. The first-order valence-corrected chi connectivity index (χ1v) is 3.80. The average molecular weight is 233 g/mol. The predicted molar refractivity (Wildman–Crippen MR) is 48.3 cm³/mol. The minimum atomic E-state index is 0.871. The molecule has 2 N–H and O–H groups in total. The summed E-state index contributed by atoms with van der Waals surface area (Å²) in [7, 11) is 0. The first-order chi connectivity index (χ1) is 4.22. The van der Waals surface area contributed by atoms with Crippen molar-refractivity contribution in [3.8, 4) is 0 Å². The molecule has 0 aliphatic carbocycles. The van der Waals surface area contributed by atoms with E-state index in [1.165, 1.54) is 5.56 Å². The molecule has 0 radical (unpaired) electrons. The van der Waals surface area contributed by atoms with Crippen LogP contribution in [0.1, 0.15) is 5.56 Å². The summed E-state index contributed by atoms with van der Waals surface area (Å²) in [4.78, 5) is 0. The standard InChI is InChI=1S/C7H8IN/c1-5-3-2-4-6(9)7(5)8/h2-4H,9H2,1H3. The fraction of sp³-hybridized carbons (Fsp3) is 0.143. The number of nitrogen functional groups attached to an aromatic ring is 1. The van der Waals surface area contributed by atoms with Gasteiger partial charge in [0, 0.05) is 9.26 Å². The van der Waals surface area contributed by atoms with E-state index in [9.17, 15) is 0 Å². The van der Waals surface area contributed by atoms with E-state index in [1.54, 1.807) is 0 Å². The molecule has 0 heterocycles. The first-order valence-electron chi connectivity index (χ1n) is 2.72. The monoisotopic (exact) mass is 233 g/mol. The molecule has 0 aromatic heterocycles. The molecule has 0 saturated carbocycles. The van der Waals surface area contributed by atoms with E-state index in [0.717, 1.165) is 9.26 Å². The molecule has 1 aromatic carbocycles. The van der Waals surface area contributed by atoms with Gasteiger partial charge in [-0.2, -0.15) is 0 Å². The third-order valence-electron chi connectivity index (χ3n) is 1.22. The highest BCUT2D eigenvalue weighted by Gasteiger charge is 1.94. The Kier molecular flexibility index (Phi) is 1.95. The fourth-order valence-electron chi connectivity index (χ4n) is 0.670. The summed E-state index contributed by atoms with van der Waals surface area (Å²) in [6, 6.07) is 5.93. The number of halogens is 1. The summed E-state index contributed by atoms with van der Waals surface area (Å²) in [5, 5.41) is 0. The molecule has 0 bridgehead atoms. The summed E-state index contributed by atoms with van der Waals surface area (Å²) in [6.07, 6.45) is 0. The van der Waals surface area contributed by atoms with Gasteiger partial charge in [-0.1, -0.05) is 12.1 Å².